The highest BCUT2D eigenvalue weighted by atomic mass is 35.5. The molecule has 0 saturated heterocycles. The second-order valence-electron chi connectivity index (χ2n) is 3.43. The minimum Gasteiger partial charge on any atom is -0.492 e. The first kappa shape index (κ1) is 12.8. The quantitative estimate of drug-likeness (QED) is 0.839. The van der Waals surface area contributed by atoms with Crippen LogP contribution in [0.25, 0.3) is 5.69 Å². The van der Waals surface area contributed by atoms with Crippen molar-refractivity contribution in [2.24, 2.45) is 0 Å². The SMILES string of the molecule is COc1cnn(-c2ccccc2C(F)(F)F)c1Cl. The summed E-state index contributed by atoms with van der Waals surface area (Å²) in [7, 11) is 1.36. The van der Waals surface area contributed by atoms with Gasteiger partial charge in [-0.2, -0.15) is 18.3 Å². The van der Waals surface area contributed by atoms with Gasteiger partial charge in [0.05, 0.1) is 24.6 Å². The van der Waals surface area contributed by atoms with Crippen LogP contribution >= 0.6 is 11.6 Å². The second-order valence-corrected chi connectivity index (χ2v) is 3.79. The van der Waals surface area contributed by atoms with Crippen molar-refractivity contribution in [3.63, 3.8) is 0 Å². The zero-order valence-electron chi connectivity index (χ0n) is 9.20. The van der Waals surface area contributed by atoms with Crippen LogP contribution in [0.2, 0.25) is 5.15 Å². The van der Waals surface area contributed by atoms with E-state index in [0.717, 1.165) is 10.7 Å². The van der Waals surface area contributed by atoms with Gasteiger partial charge in [-0.25, -0.2) is 4.68 Å². The Labute approximate surface area is 106 Å². The summed E-state index contributed by atoms with van der Waals surface area (Å²) in [6.45, 7) is 0. The number of aromatic nitrogens is 2. The predicted octanol–water partition coefficient (Wildman–Crippen LogP) is 3.55. The molecule has 0 fully saturated rings. The van der Waals surface area contributed by atoms with Crippen molar-refractivity contribution in [2.75, 3.05) is 7.11 Å². The first-order chi connectivity index (χ1) is 8.45. The van der Waals surface area contributed by atoms with E-state index >= 15 is 0 Å². The Bertz CT molecular complexity index is 566. The molecule has 0 amide bonds. The van der Waals surface area contributed by atoms with Crippen molar-refractivity contribution in [3.8, 4) is 11.4 Å². The Morgan fingerprint density at radius 3 is 2.50 bits per heavy atom. The van der Waals surface area contributed by atoms with Crippen LogP contribution in [0, 0.1) is 0 Å². The number of benzene rings is 1. The van der Waals surface area contributed by atoms with E-state index in [1.807, 2.05) is 0 Å². The van der Waals surface area contributed by atoms with Gasteiger partial charge in [-0.15, -0.1) is 0 Å². The average Bonchev–Trinajstić information content (AvgIpc) is 2.69. The van der Waals surface area contributed by atoms with Crippen molar-refractivity contribution in [1.82, 2.24) is 9.78 Å². The lowest BCUT2D eigenvalue weighted by Crippen LogP contribution is -2.11. The molecule has 7 heteroatoms. The molecule has 1 heterocycles. The van der Waals surface area contributed by atoms with Crippen molar-refractivity contribution < 1.29 is 17.9 Å². The van der Waals surface area contributed by atoms with Crippen LogP contribution in [-0.2, 0) is 6.18 Å². The number of alkyl halides is 3. The zero-order valence-corrected chi connectivity index (χ0v) is 9.96. The molecule has 0 aliphatic rings. The fraction of sp³-hybridized carbons (Fsp3) is 0.182. The third-order valence-corrected chi connectivity index (χ3v) is 2.68. The lowest BCUT2D eigenvalue weighted by molar-refractivity contribution is -0.137. The summed E-state index contributed by atoms with van der Waals surface area (Å²) in [5, 5.41) is 3.79. The van der Waals surface area contributed by atoms with E-state index in [1.165, 1.54) is 31.5 Å². The summed E-state index contributed by atoms with van der Waals surface area (Å²) in [6, 6.07) is 5.05. The number of methoxy groups -OCH3 is 1. The fourth-order valence-electron chi connectivity index (χ4n) is 1.52. The summed E-state index contributed by atoms with van der Waals surface area (Å²) < 4.78 is 44.4. The minimum absolute atomic E-state index is 0.00537. The molecule has 0 aliphatic heterocycles. The molecule has 18 heavy (non-hydrogen) atoms. The zero-order chi connectivity index (χ0) is 13.3. The maximum absolute atomic E-state index is 12.8. The molecule has 0 radical (unpaired) electrons. The maximum atomic E-state index is 12.8. The standard InChI is InChI=1S/C11H8ClF3N2O/c1-18-9-6-16-17(10(9)12)8-5-3-2-4-7(8)11(13,14)15/h2-6H,1H3. The largest absolute Gasteiger partial charge is 0.492 e. The highest BCUT2D eigenvalue weighted by molar-refractivity contribution is 6.31. The van der Waals surface area contributed by atoms with Crippen LogP contribution in [0.4, 0.5) is 13.2 Å². The minimum atomic E-state index is -4.47. The van der Waals surface area contributed by atoms with Gasteiger partial charge < -0.3 is 4.74 Å². The molecule has 96 valence electrons. The molecular formula is C11H8ClF3N2O. The Morgan fingerprint density at radius 2 is 1.94 bits per heavy atom. The normalized spacial score (nSPS) is 11.6. The Hall–Kier alpha value is -1.69. The van der Waals surface area contributed by atoms with E-state index in [-0.39, 0.29) is 16.6 Å². The van der Waals surface area contributed by atoms with Gasteiger partial charge in [0.25, 0.3) is 0 Å². The van der Waals surface area contributed by atoms with E-state index < -0.39 is 11.7 Å². The van der Waals surface area contributed by atoms with Gasteiger partial charge >= 0.3 is 6.18 Å². The van der Waals surface area contributed by atoms with E-state index in [0.29, 0.717) is 0 Å². The molecule has 0 bridgehead atoms. The van der Waals surface area contributed by atoms with E-state index in [4.69, 9.17) is 16.3 Å². The van der Waals surface area contributed by atoms with Crippen molar-refractivity contribution in [3.05, 3.63) is 41.2 Å². The molecule has 0 saturated carbocycles. The highest BCUT2D eigenvalue weighted by Crippen LogP contribution is 2.35. The predicted molar refractivity (Wildman–Crippen MR) is 60.1 cm³/mol. The number of ether oxygens (including phenoxy) is 1. The number of halogens is 4. The van der Waals surface area contributed by atoms with Crippen molar-refractivity contribution in [2.45, 2.75) is 6.18 Å². The number of para-hydroxylation sites is 1. The van der Waals surface area contributed by atoms with Crippen LogP contribution in [0.15, 0.2) is 30.5 Å². The van der Waals surface area contributed by atoms with Gasteiger partial charge in [0.15, 0.2) is 10.9 Å². The number of hydrogen-bond donors (Lipinski definition) is 0. The first-order valence-electron chi connectivity index (χ1n) is 4.89. The number of nitrogens with zero attached hydrogens (tertiary/aromatic N) is 2. The van der Waals surface area contributed by atoms with Gasteiger partial charge in [0.1, 0.15) is 0 Å². The van der Waals surface area contributed by atoms with Crippen molar-refractivity contribution >= 4 is 11.6 Å². The van der Waals surface area contributed by atoms with E-state index in [9.17, 15) is 13.2 Å². The highest BCUT2D eigenvalue weighted by Gasteiger charge is 2.34. The number of hydrogen-bond acceptors (Lipinski definition) is 2. The van der Waals surface area contributed by atoms with Gasteiger partial charge in [-0.1, -0.05) is 23.7 Å². The summed E-state index contributed by atoms with van der Waals surface area (Å²) >= 11 is 5.89. The van der Waals surface area contributed by atoms with E-state index in [1.54, 1.807) is 0 Å². The molecule has 0 N–H and O–H groups in total. The summed E-state index contributed by atoms with van der Waals surface area (Å²) in [4.78, 5) is 0. The van der Waals surface area contributed by atoms with Crippen LogP contribution < -0.4 is 4.74 Å². The molecule has 1 aromatic heterocycles. The molecule has 0 aliphatic carbocycles. The smallest absolute Gasteiger partial charge is 0.418 e. The van der Waals surface area contributed by atoms with Gasteiger partial charge in [-0.3, -0.25) is 0 Å². The Balaban J connectivity index is 2.61. The molecule has 2 aromatic rings. The molecular weight excluding hydrogens is 269 g/mol. The van der Waals surface area contributed by atoms with Crippen LogP contribution in [0.5, 0.6) is 5.75 Å². The molecule has 2 rings (SSSR count). The van der Waals surface area contributed by atoms with Crippen LogP contribution in [0.3, 0.4) is 0 Å². The third-order valence-electron chi connectivity index (χ3n) is 2.34. The average molecular weight is 277 g/mol. The molecule has 0 atom stereocenters. The maximum Gasteiger partial charge on any atom is 0.418 e. The number of rotatable bonds is 2. The van der Waals surface area contributed by atoms with Crippen LogP contribution in [0.1, 0.15) is 5.56 Å². The molecule has 0 unspecified atom stereocenters. The Morgan fingerprint density at radius 1 is 1.28 bits per heavy atom. The lowest BCUT2D eigenvalue weighted by atomic mass is 10.2. The van der Waals surface area contributed by atoms with Gasteiger partial charge in [-0.05, 0) is 12.1 Å². The Kier molecular flexibility index (Phi) is 3.21. The van der Waals surface area contributed by atoms with E-state index in [2.05, 4.69) is 5.10 Å². The van der Waals surface area contributed by atoms with Gasteiger partial charge in [0.2, 0.25) is 0 Å². The second kappa shape index (κ2) is 4.53. The molecule has 1 aromatic carbocycles. The third kappa shape index (κ3) is 2.15. The molecule has 3 nitrogen and oxygen atoms in total. The summed E-state index contributed by atoms with van der Waals surface area (Å²) in [6.07, 6.45) is -3.21. The molecule has 0 spiro atoms. The summed E-state index contributed by atoms with van der Waals surface area (Å²) in [5.74, 6) is 0.216. The van der Waals surface area contributed by atoms with Crippen molar-refractivity contribution in [1.29, 1.82) is 0 Å². The van der Waals surface area contributed by atoms with Crippen LogP contribution in [-0.4, -0.2) is 16.9 Å². The fourth-order valence-corrected chi connectivity index (χ4v) is 1.78. The topological polar surface area (TPSA) is 27.1 Å². The lowest BCUT2D eigenvalue weighted by Gasteiger charge is -2.12. The van der Waals surface area contributed by atoms with Gasteiger partial charge in [0, 0.05) is 0 Å². The first-order valence-corrected chi connectivity index (χ1v) is 5.27. The summed E-state index contributed by atoms with van der Waals surface area (Å²) in [5.41, 5.74) is -0.948. The monoisotopic (exact) mass is 276 g/mol.